The minimum absolute atomic E-state index is 0.370. The van der Waals surface area contributed by atoms with E-state index < -0.39 is 0 Å². The molecule has 0 unspecified atom stereocenters. The molecule has 0 aliphatic carbocycles. The van der Waals surface area contributed by atoms with Crippen molar-refractivity contribution in [1.29, 1.82) is 0 Å². The van der Waals surface area contributed by atoms with E-state index in [4.69, 9.17) is 4.74 Å². The minimum atomic E-state index is 0.370. The van der Waals surface area contributed by atoms with Gasteiger partial charge >= 0.3 is 0 Å². The molecule has 2 saturated heterocycles. The van der Waals surface area contributed by atoms with E-state index in [1.54, 1.807) is 7.11 Å². The number of benzene rings is 1. The third kappa shape index (κ3) is 5.21. The maximum atomic E-state index is 12.5. The summed E-state index contributed by atoms with van der Waals surface area (Å²) in [5.41, 5.74) is 1.29. The van der Waals surface area contributed by atoms with Gasteiger partial charge < -0.3 is 15.0 Å². The van der Waals surface area contributed by atoms with Gasteiger partial charge in [0, 0.05) is 19.5 Å². The first-order chi connectivity index (χ1) is 12.3. The van der Waals surface area contributed by atoms with Crippen molar-refractivity contribution in [2.24, 2.45) is 11.8 Å². The number of nitrogens with one attached hydrogen (secondary N) is 1. The number of methoxy groups -OCH3 is 1. The normalized spacial score (nSPS) is 19.8. The highest BCUT2D eigenvalue weighted by Gasteiger charge is 2.24. The largest absolute Gasteiger partial charge is 0.496 e. The van der Waals surface area contributed by atoms with Crippen LogP contribution in [0.2, 0.25) is 0 Å². The van der Waals surface area contributed by atoms with Crippen LogP contribution in [0.3, 0.4) is 0 Å². The molecule has 4 heteroatoms. The zero-order chi connectivity index (χ0) is 17.5. The number of para-hydroxylation sites is 1. The number of hydrogen-bond acceptors (Lipinski definition) is 3. The van der Waals surface area contributed by atoms with Crippen molar-refractivity contribution in [3.8, 4) is 5.75 Å². The lowest BCUT2D eigenvalue weighted by molar-refractivity contribution is -0.132. The summed E-state index contributed by atoms with van der Waals surface area (Å²) in [4.78, 5) is 14.6. The van der Waals surface area contributed by atoms with Crippen molar-refractivity contribution in [2.75, 3.05) is 33.3 Å². The lowest BCUT2D eigenvalue weighted by Crippen LogP contribution is -2.39. The number of ether oxygens (including phenoxy) is 1. The van der Waals surface area contributed by atoms with Crippen molar-refractivity contribution in [3.05, 3.63) is 29.8 Å². The molecule has 1 aromatic rings. The Morgan fingerprint density at radius 1 is 1.12 bits per heavy atom. The second kappa shape index (κ2) is 9.23. The summed E-state index contributed by atoms with van der Waals surface area (Å²) in [6.07, 6.45) is 7.54. The van der Waals surface area contributed by atoms with Crippen LogP contribution in [0.5, 0.6) is 5.75 Å². The molecule has 4 nitrogen and oxygen atoms in total. The Morgan fingerprint density at radius 2 is 1.84 bits per heavy atom. The SMILES string of the molecule is COc1ccccc1CC1CCN(C(=O)CCC2CCNCC2)CC1. The summed E-state index contributed by atoms with van der Waals surface area (Å²) in [6, 6.07) is 8.30. The van der Waals surface area contributed by atoms with E-state index in [9.17, 15) is 4.79 Å². The molecule has 0 aromatic heterocycles. The number of hydrogen-bond donors (Lipinski definition) is 1. The Bertz CT molecular complexity index is 547. The van der Waals surface area contributed by atoms with Crippen molar-refractivity contribution in [2.45, 2.75) is 44.9 Å². The summed E-state index contributed by atoms with van der Waals surface area (Å²) in [5.74, 6) is 2.76. The summed E-state index contributed by atoms with van der Waals surface area (Å²) in [6.45, 7) is 4.08. The Hall–Kier alpha value is -1.55. The minimum Gasteiger partial charge on any atom is -0.496 e. The van der Waals surface area contributed by atoms with Crippen LogP contribution in [0.25, 0.3) is 0 Å². The van der Waals surface area contributed by atoms with Crippen LogP contribution in [-0.4, -0.2) is 44.1 Å². The summed E-state index contributed by atoms with van der Waals surface area (Å²) >= 11 is 0. The number of nitrogens with zero attached hydrogens (tertiary/aromatic N) is 1. The lowest BCUT2D eigenvalue weighted by Gasteiger charge is -2.33. The topological polar surface area (TPSA) is 41.6 Å². The van der Waals surface area contributed by atoms with Crippen LogP contribution in [0.15, 0.2) is 24.3 Å². The molecule has 0 atom stereocenters. The number of piperidine rings is 2. The fraction of sp³-hybridized carbons (Fsp3) is 0.667. The van der Waals surface area contributed by atoms with Crippen LogP contribution in [0.4, 0.5) is 0 Å². The summed E-state index contributed by atoms with van der Waals surface area (Å²) in [7, 11) is 1.74. The monoisotopic (exact) mass is 344 g/mol. The second-order valence-corrected chi connectivity index (χ2v) is 7.57. The quantitative estimate of drug-likeness (QED) is 0.861. The Balaban J connectivity index is 1.41. The molecule has 2 fully saturated rings. The van der Waals surface area contributed by atoms with Crippen LogP contribution in [-0.2, 0) is 11.2 Å². The predicted octanol–water partition coefficient (Wildman–Crippen LogP) is 3.26. The van der Waals surface area contributed by atoms with Crippen LogP contribution in [0, 0.1) is 11.8 Å². The highest BCUT2D eigenvalue weighted by Crippen LogP contribution is 2.27. The maximum Gasteiger partial charge on any atom is 0.222 e. The average Bonchev–Trinajstić information content (AvgIpc) is 2.68. The lowest BCUT2D eigenvalue weighted by atomic mass is 9.89. The molecule has 1 aromatic carbocycles. The van der Waals surface area contributed by atoms with Crippen LogP contribution >= 0.6 is 0 Å². The van der Waals surface area contributed by atoms with Gasteiger partial charge in [0.2, 0.25) is 5.91 Å². The maximum absolute atomic E-state index is 12.5. The van der Waals surface area contributed by atoms with Gasteiger partial charge in [0.05, 0.1) is 7.11 Å². The standard InChI is InChI=1S/C21H32N2O2/c1-25-20-5-3-2-4-19(20)16-18-10-14-23(15-11-18)21(24)7-6-17-8-12-22-13-9-17/h2-5,17-18,22H,6-16H2,1H3. The van der Waals surface area contributed by atoms with E-state index >= 15 is 0 Å². The van der Waals surface area contributed by atoms with Gasteiger partial charge in [-0.2, -0.15) is 0 Å². The predicted molar refractivity (Wildman–Crippen MR) is 101 cm³/mol. The zero-order valence-electron chi connectivity index (χ0n) is 15.5. The van der Waals surface area contributed by atoms with Gasteiger partial charge in [-0.3, -0.25) is 4.79 Å². The molecule has 2 heterocycles. The first-order valence-electron chi connectivity index (χ1n) is 9.86. The van der Waals surface area contributed by atoms with Crippen LogP contribution < -0.4 is 10.1 Å². The molecule has 2 aliphatic heterocycles. The van der Waals surface area contributed by atoms with Crippen molar-refractivity contribution in [1.82, 2.24) is 10.2 Å². The fourth-order valence-corrected chi connectivity index (χ4v) is 4.23. The number of carbonyl (C=O) groups is 1. The molecule has 25 heavy (non-hydrogen) atoms. The molecule has 0 saturated carbocycles. The van der Waals surface area contributed by atoms with Gasteiger partial charge in [0.25, 0.3) is 0 Å². The smallest absolute Gasteiger partial charge is 0.222 e. The molecule has 3 rings (SSSR count). The summed E-state index contributed by atoms with van der Waals surface area (Å²) in [5, 5.41) is 3.39. The Labute approximate surface area is 151 Å². The molecular formula is C21H32N2O2. The molecule has 0 spiro atoms. The van der Waals surface area contributed by atoms with Gasteiger partial charge in [0.1, 0.15) is 5.75 Å². The van der Waals surface area contributed by atoms with Gasteiger partial charge in [-0.1, -0.05) is 18.2 Å². The van der Waals surface area contributed by atoms with E-state index in [-0.39, 0.29) is 0 Å². The molecular weight excluding hydrogens is 312 g/mol. The van der Waals surface area contributed by atoms with Gasteiger partial charge in [-0.25, -0.2) is 0 Å². The number of carbonyl (C=O) groups excluding carboxylic acids is 1. The molecule has 0 radical (unpaired) electrons. The Morgan fingerprint density at radius 3 is 2.56 bits per heavy atom. The molecule has 2 aliphatic rings. The molecule has 1 amide bonds. The molecule has 138 valence electrons. The van der Waals surface area contributed by atoms with E-state index in [1.807, 2.05) is 12.1 Å². The van der Waals surface area contributed by atoms with Crippen molar-refractivity contribution in [3.63, 3.8) is 0 Å². The van der Waals surface area contributed by atoms with E-state index in [2.05, 4.69) is 22.3 Å². The van der Waals surface area contributed by atoms with Crippen molar-refractivity contribution >= 4 is 5.91 Å². The second-order valence-electron chi connectivity index (χ2n) is 7.57. The highest BCUT2D eigenvalue weighted by atomic mass is 16.5. The van der Waals surface area contributed by atoms with Gasteiger partial charge in [0.15, 0.2) is 0 Å². The van der Waals surface area contributed by atoms with E-state index in [0.29, 0.717) is 11.8 Å². The third-order valence-corrected chi connectivity index (χ3v) is 5.89. The van der Waals surface area contributed by atoms with Gasteiger partial charge in [-0.05, 0) is 75.1 Å². The zero-order valence-corrected chi connectivity index (χ0v) is 15.5. The number of amides is 1. The highest BCUT2D eigenvalue weighted by molar-refractivity contribution is 5.76. The molecule has 0 bridgehead atoms. The molecule has 1 N–H and O–H groups in total. The number of likely N-dealkylation sites (tertiary alicyclic amines) is 1. The van der Waals surface area contributed by atoms with Gasteiger partial charge in [-0.15, -0.1) is 0 Å². The van der Waals surface area contributed by atoms with Crippen LogP contribution in [0.1, 0.15) is 44.1 Å². The first kappa shape index (κ1) is 18.2. The third-order valence-electron chi connectivity index (χ3n) is 5.89. The van der Waals surface area contributed by atoms with E-state index in [1.165, 1.54) is 18.4 Å². The first-order valence-corrected chi connectivity index (χ1v) is 9.86. The fourth-order valence-electron chi connectivity index (χ4n) is 4.23. The van der Waals surface area contributed by atoms with E-state index in [0.717, 1.165) is 70.0 Å². The number of rotatable bonds is 6. The van der Waals surface area contributed by atoms with Crippen molar-refractivity contribution < 1.29 is 9.53 Å². The summed E-state index contributed by atoms with van der Waals surface area (Å²) < 4.78 is 5.47. The average molecular weight is 344 g/mol. The Kier molecular flexibility index (Phi) is 6.74.